The summed E-state index contributed by atoms with van der Waals surface area (Å²) in [4.78, 5) is 45.0. The minimum absolute atomic E-state index is 0.0662. The monoisotopic (exact) mass is 748 g/mol. The number of ether oxygens (including phenoxy) is 2. The molecule has 1 unspecified atom stereocenters. The third kappa shape index (κ3) is 10.6. The van der Waals surface area contributed by atoms with Crippen LogP contribution < -0.4 is 11.1 Å². The molecule has 4 N–H and O–H groups in total. The fourth-order valence-electron chi connectivity index (χ4n) is 5.55. The van der Waals surface area contributed by atoms with E-state index in [1.54, 1.807) is 25.5 Å². The number of H-pyrrole nitrogens is 1. The van der Waals surface area contributed by atoms with Crippen LogP contribution in [0.3, 0.4) is 0 Å². The molecule has 3 heterocycles. The van der Waals surface area contributed by atoms with Crippen LogP contribution in [0.15, 0.2) is 96.2 Å². The van der Waals surface area contributed by atoms with Crippen LogP contribution in [0.4, 0.5) is 11.9 Å². The van der Waals surface area contributed by atoms with Gasteiger partial charge in [-0.2, -0.15) is 9.90 Å². The Morgan fingerprint density at radius 3 is 2.09 bits per heavy atom. The predicted octanol–water partition coefficient (Wildman–Crippen LogP) is 5.52. The van der Waals surface area contributed by atoms with Crippen molar-refractivity contribution in [3.63, 3.8) is 0 Å². The normalized spacial score (nSPS) is 12.9. The number of carbonyl (C=O) groups is 4. The zero-order valence-corrected chi connectivity index (χ0v) is 31.5. The van der Waals surface area contributed by atoms with Gasteiger partial charge in [-0.3, -0.25) is 14.4 Å². The van der Waals surface area contributed by atoms with Crippen molar-refractivity contribution < 1.29 is 28.7 Å². The summed E-state index contributed by atoms with van der Waals surface area (Å²) < 4.78 is 11.3. The summed E-state index contributed by atoms with van der Waals surface area (Å²) in [5.74, 6) is -0.198. The number of nitrogens with two attached hydrogens (primary N) is 1. The van der Waals surface area contributed by atoms with Crippen LogP contribution in [0, 0.1) is 11.8 Å². The molecule has 0 radical (unpaired) electrons. The highest BCUT2D eigenvalue weighted by atomic mass is 16.5. The maximum absolute atomic E-state index is 12.7. The number of esters is 2. The van der Waals surface area contributed by atoms with Gasteiger partial charge in [-0.15, -0.1) is 5.10 Å². The first-order chi connectivity index (χ1) is 26.5. The minimum Gasteiger partial charge on any atom is -0.466 e. The summed E-state index contributed by atoms with van der Waals surface area (Å²) >= 11 is 0. The number of hydrogen-bond donors (Lipinski definition) is 3. The van der Waals surface area contributed by atoms with E-state index < -0.39 is 12.0 Å². The molecule has 0 amide bonds. The molecule has 0 saturated carbocycles. The highest BCUT2D eigenvalue weighted by molar-refractivity contribution is 5.98. The molecule has 0 fully saturated rings. The average molecular weight is 749 g/mol. The number of allylic oxidation sites excluding steroid dienone is 1. The molecule has 6 aromatic rings. The maximum atomic E-state index is 12.7. The van der Waals surface area contributed by atoms with E-state index in [1.165, 1.54) is 7.11 Å². The molecule has 286 valence electrons. The summed E-state index contributed by atoms with van der Waals surface area (Å²) in [6.07, 6.45) is 0.799. The van der Waals surface area contributed by atoms with Crippen molar-refractivity contribution in [1.82, 2.24) is 40.8 Å². The number of benzene rings is 4. The third-order valence-corrected chi connectivity index (χ3v) is 8.23. The van der Waals surface area contributed by atoms with E-state index in [0.717, 1.165) is 44.7 Å². The molecule has 1 atom stereocenters. The van der Waals surface area contributed by atoms with Gasteiger partial charge < -0.3 is 20.5 Å². The summed E-state index contributed by atoms with van der Waals surface area (Å²) in [6.45, 7) is 9.63. The van der Waals surface area contributed by atoms with Crippen LogP contribution in [0.2, 0.25) is 0 Å². The van der Waals surface area contributed by atoms with Crippen LogP contribution in [0.25, 0.3) is 21.5 Å². The Hall–Kier alpha value is -6.84. The topological polar surface area (TPSA) is 223 Å². The highest BCUT2D eigenvalue weighted by Gasteiger charge is 2.37. The molecular weight excluding hydrogens is 704 g/mol. The number of nitrogens with one attached hydrogen (secondary N) is 2. The lowest BCUT2D eigenvalue weighted by Crippen LogP contribution is -2.31. The molecule has 16 nitrogen and oxygen atoms in total. The fraction of sp³-hybridized carbons (Fsp3) is 0.282. The van der Waals surface area contributed by atoms with Crippen molar-refractivity contribution >= 4 is 57.4 Å². The number of anilines is 2. The van der Waals surface area contributed by atoms with Crippen molar-refractivity contribution in [1.29, 1.82) is 0 Å². The molecule has 0 bridgehead atoms. The largest absolute Gasteiger partial charge is 0.466 e. The van der Waals surface area contributed by atoms with Crippen molar-refractivity contribution in [3.05, 3.63) is 107 Å². The van der Waals surface area contributed by atoms with E-state index >= 15 is 0 Å². The summed E-state index contributed by atoms with van der Waals surface area (Å²) in [5, 5.41) is 31.5. The molecule has 0 aliphatic carbocycles. The lowest BCUT2D eigenvalue weighted by atomic mass is 9.89. The maximum Gasteiger partial charge on any atom is 0.338 e. The van der Waals surface area contributed by atoms with Gasteiger partial charge >= 0.3 is 11.9 Å². The average Bonchev–Trinajstić information content (AvgIpc) is 3.88. The number of nitrogen functional groups attached to an aromatic ring is 1. The molecule has 0 spiro atoms. The first kappa shape index (κ1) is 40.9. The smallest absolute Gasteiger partial charge is 0.338 e. The number of methoxy groups -OCH3 is 1. The van der Waals surface area contributed by atoms with E-state index in [1.807, 2.05) is 98.8 Å². The first-order valence-electron chi connectivity index (χ1n) is 17.5. The Bertz CT molecular complexity index is 2240. The van der Waals surface area contributed by atoms with Gasteiger partial charge in [0.25, 0.3) is 5.95 Å². The van der Waals surface area contributed by atoms with Crippen LogP contribution in [0.5, 0.6) is 0 Å². The van der Waals surface area contributed by atoms with Gasteiger partial charge in [0.2, 0.25) is 5.95 Å². The van der Waals surface area contributed by atoms with Crippen LogP contribution >= 0.6 is 0 Å². The lowest BCUT2D eigenvalue weighted by molar-refractivity contribution is -0.146. The van der Waals surface area contributed by atoms with E-state index in [4.69, 9.17) is 10.5 Å². The Balaban J connectivity index is 0.000000192. The van der Waals surface area contributed by atoms with Gasteiger partial charge in [-0.05, 0) is 55.6 Å². The number of aromatic amines is 1. The number of tetrazole rings is 2. The summed E-state index contributed by atoms with van der Waals surface area (Å²) in [7, 11) is 1.39. The first-order valence-corrected chi connectivity index (χ1v) is 17.5. The molecule has 1 aliphatic heterocycles. The van der Waals surface area contributed by atoms with Crippen LogP contribution in [-0.4, -0.2) is 78.6 Å². The molecule has 4 aromatic carbocycles. The van der Waals surface area contributed by atoms with E-state index in [-0.39, 0.29) is 36.0 Å². The van der Waals surface area contributed by atoms with E-state index in [0.29, 0.717) is 18.1 Å². The Kier molecular flexibility index (Phi) is 14.8. The number of ketones is 1. The van der Waals surface area contributed by atoms with Gasteiger partial charge in [0, 0.05) is 17.2 Å². The molecule has 2 aromatic heterocycles. The van der Waals surface area contributed by atoms with Crippen LogP contribution in [-0.2, 0) is 23.9 Å². The van der Waals surface area contributed by atoms with Gasteiger partial charge in [-0.25, -0.2) is 4.79 Å². The summed E-state index contributed by atoms with van der Waals surface area (Å²) in [6, 6.07) is 27.2. The van der Waals surface area contributed by atoms with E-state index in [2.05, 4.69) is 46.2 Å². The van der Waals surface area contributed by atoms with Crippen molar-refractivity contribution in [2.24, 2.45) is 11.8 Å². The van der Waals surface area contributed by atoms with Crippen LogP contribution in [0.1, 0.15) is 63.0 Å². The number of hydrogen-bond acceptors (Lipinski definition) is 14. The minimum atomic E-state index is -0.461. The molecule has 1 aliphatic rings. The summed E-state index contributed by atoms with van der Waals surface area (Å²) in [5.41, 5.74) is 7.98. The number of fused-ring (bicyclic) bond motifs is 3. The van der Waals surface area contributed by atoms with Crippen molar-refractivity contribution in [3.8, 4) is 0 Å². The zero-order valence-electron chi connectivity index (χ0n) is 31.5. The zero-order chi connectivity index (χ0) is 39.9. The fourth-order valence-corrected chi connectivity index (χ4v) is 5.55. The number of Topliss-reactive ketones (excluding diaryl/α,β-unsaturated/α-hetero) is 1. The number of carbonyl (C=O) groups excluding carboxylic acids is 4. The SMILES string of the molecule is CCOC(=O)CC(=O)C(C)C.COC(=O)C1=C(C(C)C)Nc2nnnn2C1c1cccc2ccccc12.Nc1nn[nH]n1.O=Cc1cccc2ccccc12. The number of aromatic nitrogens is 8. The molecule has 7 rings (SSSR count). The predicted molar refractivity (Wildman–Crippen MR) is 206 cm³/mol. The molecule has 16 heteroatoms. The van der Waals surface area contributed by atoms with Crippen molar-refractivity contribution in [2.45, 2.75) is 47.1 Å². The second-order valence-electron chi connectivity index (χ2n) is 12.6. The highest BCUT2D eigenvalue weighted by Crippen LogP contribution is 2.39. The Labute approximate surface area is 317 Å². The quantitative estimate of drug-likeness (QED) is 0.0990. The van der Waals surface area contributed by atoms with Gasteiger partial charge in [0.15, 0.2) is 6.29 Å². The standard InChI is InChI=1S/C19H19N5O2.C11H8O.C8H14O3.CH3N5/c1-11(2)16-15(18(25)26-3)17(24-19(20-16)21-22-23-24)14-10-6-8-12-7-4-5-9-13(12)14;12-8-10-6-3-5-9-4-1-2-7-11(9)10;1-4-11-8(10)5-7(9)6(2)3;2-1-3-5-6-4-1/h4-11,17H,1-3H3,(H,20,21,23);1-8H;6H,4-5H2,1-3H3;(H3,2,3,4,5,6). The van der Waals surface area contributed by atoms with Gasteiger partial charge in [0.05, 0.1) is 19.3 Å². The number of aldehydes is 1. The number of rotatable bonds is 8. The lowest BCUT2D eigenvalue weighted by Gasteiger charge is -2.30. The van der Waals surface area contributed by atoms with E-state index in [9.17, 15) is 19.2 Å². The second kappa shape index (κ2) is 19.8. The Morgan fingerprint density at radius 1 is 0.891 bits per heavy atom. The van der Waals surface area contributed by atoms with Gasteiger partial charge in [-0.1, -0.05) is 123 Å². The Morgan fingerprint density at radius 2 is 1.53 bits per heavy atom. The second-order valence-corrected chi connectivity index (χ2v) is 12.6. The number of nitrogens with zero attached hydrogens (tertiary/aromatic N) is 7. The van der Waals surface area contributed by atoms with Crippen molar-refractivity contribution in [2.75, 3.05) is 24.8 Å². The molecule has 55 heavy (non-hydrogen) atoms. The molecular formula is C39H44N10O6. The van der Waals surface area contributed by atoms with Gasteiger partial charge in [0.1, 0.15) is 18.2 Å². The molecule has 0 saturated heterocycles. The third-order valence-electron chi connectivity index (χ3n) is 8.23.